The zero-order valence-electron chi connectivity index (χ0n) is 14.9. The smallest absolute Gasteiger partial charge is 0.225 e. The van der Waals surface area contributed by atoms with E-state index < -0.39 is 0 Å². The highest BCUT2D eigenvalue weighted by atomic mass is 16.2. The zero-order valence-corrected chi connectivity index (χ0v) is 14.9. The molecule has 1 aliphatic carbocycles. The van der Waals surface area contributed by atoms with Crippen molar-refractivity contribution in [2.45, 2.75) is 65.2 Å². The minimum Gasteiger partial charge on any atom is -0.342 e. The second-order valence-corrected chi connectivity index (χ2v) is 7.94. The lowest BCUT2D eigenvalue weighted by Gasteiger charge is -2.37. The molecule has 3 heteroatoms. The molecule has 1 saturated heterocycles. The lowest BCUT2D eigenvalue weighted by atomic mass is 9.78. The molecule has 0 aromatic rings. The monoisotopic (exact) mass is 308 g/mol. The highest BCUT2D eigenvalue weighted by molar-refractivity contribution is 5.79. The fourth-order valence-electron chi connectivity index (χ4n) is 4.40. The van der Waals surface area contributed by atoms with Gasteiger partial charge in [0.05, 0.1) is 0 Å². The molecule has 2 fully saturated rings. The maximum Gasteiger partial charge on any atom is 0.225 e. The summed E-state index contributed by atoms with van der Waals surface area (Å²) in [4.78, 5) is 15.2. The average molecular weight is 309 g/mol. The van der Waals surface area contributed by atoms with Crippen molar-refractivity contribution < 1.29 is 4.79 Å². The van der Waals surface area contributed by atoms with Crippen molar-refractivity contribution in [2.75, 3.05) is 26.7 Å². The van der Waals surface area contributed by atoms with Crippen molar-refractivity contribution in [3.05, 3.63) is 0 Å². The van der Waals surface area contributed by atoms with Crippen molar-refractivity contribution in [1.29, 1.82) is 0 Å². The minimum atomic E-state index is 0.247. The van der Waals surface area contributed by atoms with E-state index in [0.29, 0.717) is 17.7 Å². The summed E-state index contributed by atoms with van der Waals surface area (Å²) in [6.45, 7) is 7.46. The number of carbonyl (C=O) groups is 1. The molecule has 0 bridgehead atoms. The molecule has 2 aliphatic rings. The van der Waals surface area contributed by atoms with Crippen molar-refractivity contribution >= 4 is 5.91 Å². The highest BCUT2D eigenvalue weighted by Crippen LogP contribution is 2.33. The Hall–Kier alpha value is -0.570. The third-order valence-electron chi connectivity index (χ3n) is 5.76. The van der Waals surface area contributed by atoms with Gasteiger partial charge in [-0.05, 0) is 50.6 Å². The van der Waals surface area contributed by atoms with E-state index in [9.17, 15) is 4.79 Å². The standard InChI is InChI=1S/C19H36N2O/c1-15(2)18(12-16-8-5-4-6-9-16)19(22)21-11-7-10-17(14-21)13-20-3/h15-18,20H,4-14H2,1-3H3. The Morgan fingerprint density at radius 2 is 1.77 bits per heavy atom. The van der Waals surface area contributed by atoms with E-state index >= 15 is 0 Å². The number of nitrogens with one attached hydrogen (secondary N) is 1. The van der Waals surface area contributed by atoms with E-state index in [4.69, 9.17) is 0 Å². The first kappa shape index (κ1) is 17.8. The molecule has 22 heavy (non-hydrogen) atoms. The van der Waals surface area contributed by atoms with E-state index in [0.717, 1.165) is 32.0 Å². The van der Waals surface area contributed by atoms with E-state index in [1.807, 2.05) is 7.05 Å². The van der Waals surface area contributed by atoms with Crippen LogP contribution in [0.25, 0.3) is 0 Å². The van der Waals surface area contributed by atoms with Crippen LogP contribution < -0.4 is 5.32 Å². The van der Waals surface area contributed by atoms with Crippen LogP contribution in [0.4, 0.5) is 0 Å². The third-order valence-corrected chi connectivity index (χ3v) is 5.76. The Morgan fingerprint density at radius 3 is 2.41 bits per heavy atom. The SMILES string of the molecule is CNCC1CCCN(C(=O)C(CC2CCCCC2)C(C)C)C1. The summed E-state index contributed by atoms with van der Waals surface area (Å²) in [5.41, 5.74) is 0. The van der Waals surface area contributed by atoms with Gasteiger partial charge in [-0.3, -0.25) is 4.79 Å². The molecule has 3 nitrogen and oxygen atoms in total. The van der Waals surface area contributed by atoms with E-state index in [1.165, 1.54) is 44.9 Å². The predicted molar refractivity (Wildman–Crippen MR) is 92.8 cm³/mol. The fraction of sp³-hybridized carbons (Fsp3) is 0.947. The Kier molecular flexibility index (Phi) is 7.20. The molecule has 0 aromatic heterocycles. The molecule has 2 atom stereocenters. The quantitative estimate of drug-likeness (QED) is 0.811. The Balaban J connectivity index is 1.93. The number of nitrogens with zero attached hydrogens (tertiary/aromatic N) is 1. The van der Waals surface area contributed by atoms with Gasteiger partial charge in [0.1, 0.15) is 0 Å². The summed E-state index contributed by atoms with van der Waals surface area (Å²) in [5.74, 6) is 2.60. The molecular weight excluding hydrogens is 272 g/mol. The van der Waals surface area contributed by atoms with Crippen LogP contribution in [-0.2, 0) is 4.79 Å². The number of hydrogen-bond donors (Lipinski definition) is 1. The lowest BCUT2D eigenvalue weighted by molar-refractivity contribution is -0.139. The minimum absolute atomic E-state index is 0.247. The molecule has 1 N–H and O–H groups in total. The van der Waals surface area contributed by atoms with Crippen molar-refractivity contribution in [2.24, 2.45) is 23.7 Å². The zero-order chi connectivity index (χ0) is 15.9. The van der Waals surface area contributed by atoms with Crippen LogP contribution in [0.3, 0.4) is 0 Å². The summed E-state index contributed by atoms with van der Waals surface area (Å²) in [5, 5.41) is 3.28. The number of rotatable bonds is 6. The van der Waals surface area contributed by atoms with Crippen LogP contribution in [0.5, 0.6) is 0 Å². The van der Waals surface area contributed by atoms with Gasteiger partial charge in [0.15, 0.2) is 0 Å². The van der Waals surface area contributed by atoms with Crippen LogP contribution >= 0.6 is 0 Å². The van der Waals surface area contributed by atoms with Gasteiger partial charge >= 0.3 is 0 Å². The van der Waals surface area contributed by atoms with E-state index in [-0.39, 0.29) is 5.92 Å². The second kappa shape index (κ2) is 8.90. The number of carbonyl (C=O) groups excluding carboxylic acids is 1. The molecule has 0 aromatic carbocycles. The molecule has 0 spiro atoms. The van der Waals surface area contributed by atoms with Gasteiger partial charge in [0, 0.05) is 19.0 Å². The molecule has 128 valence electrons. The van der Waals surface area contributed by atoms with E-state index in [2.05, 4.69) is 24.1 Å². The molecule has 1 aliphatic heterocycles. The Bertz CT molecular complexity index is 334. The lowest BCUT2D eigenvalue weighted by Crippen LogP contribution is -2.46. The summed E-state index contributed by atoms with van der Waals surface area (Å²) in [7, 11) is 2.01. The average Bonchev–Trinajstić information content (AvgIpc) is 2.53. The predicted octanol–water partition coefficient (Wildman–Crippen LogP) is 3.69. The number of amides is 1. The molecule has 1 heterocycles. The van der Waals surface area contributed by atoms with Crippen LogP contribution in [0.2, 0.25) is 0 Å². The summed E-state index contributed by atoms with van der Waals surface area (Å²) >= 11 is 0. The van der Waals surface area contributed by atoms with Gasteiger partial charge in [0.2, 0.25) is 5.91 Å². The number of hydrogen-bond acceptors (Lipinski definition) is 2. The summed E-state index contributed by atoms with van der Waals surface area (Å²) in [6, 6.07) is 0. The highest BCUT2D eigenvalue weighted by Gasteiger charge is 2.32. The van der Waals surface area contributed by atoms with Gasteiger partial charge in [-0.1, -0.05) is 46.0 Å². The fourth-order valence-corrected chi connectivity index (χ4v) is 4.40. The first-order valence-electron chi connectivity index (χ1n) is 9.55. The topological polar surface area (TPSA) is 32.3 Å². The van der Waals surface area contributed by atoms with Crippen molar-refractivity contribution in [1.82, 2.24) is 10.2 Å². The number of likely N-dealkylation sites (tertiary alicyclic amines) is 1. The maximum atomic E-state index is 13.1. The summed E-state index contributed by atoms with van der Waals surface area (Å²) in [6.07, 6.45) is 10.4. The van der Waals surface area contributed by atoms with E-state index in [1.54, 1.807) is 0 Å². The molecule has 2 unspecified atom stereocenters. The molecule has 0 radical (unpaired) electrons. The van der Waals surface area contributed by atoms with Crippen molar-refractivity contribution in [3.8, 4) is 0 Å². The number of piperidine rings is 1. The maximum absolute atomic E-state index is 13.1. The van der Waals surface area contributed by atoms with Crippen molar-refractivity contribution in [3.63, 3.8) is 0 Å². The molecule has 2 rings (SSSR count). The first-order chi connectivity index (χ1) is 10.6. The van der Waals surface area contributed by atoms with Gasteiger partial charge in [-0.15, -0.1) is 0 Å². The Morgan fingerprint density at radius 1 is 1.09 bits per heavy atom. The largest absolute Gasteiger partial charge is 0.342 e. The molecule has 1 amide bonds. The van der Waals surface area contributed by atoms with Crippen LogP contribution in [0.15, 0.2) is 0 Å². The first-order valence-corrected chi connectivity index (χ1v) is 9.55. The second-order valence-electron chi connectivity index (χ2n) is 7.94. The van der Waals surface area contributed by atoms with Crippen LogP contribution in [-0.4, -0.2) is 37.5 Å². The molecular formula is C19H36N2O. The summed E-state index contributed by atoms with van der Waals surface area (Å²) < 4.78 is 0. The van der Waals surface area contributed by atoms with Gasteiger partial charge in [0.25, 0.3) is 0 Å². The Labute approximate surface area is 137 Å². The van der Waals surface area contributed by atoms with Crippen LogP contribution in [0, 0.1) is 23.7 Å². The third kappa shape index (κ3) is 4.97. The van der Waals surface area contributed by atoms with Gasteiger partial charge in [-0.2, -0.15) is 0 Å². The van der Waals surface area contributed by atoms with Crippen LogP contribution in [0.1, 0.15) is 65.2 Å². The molecule has 1 saturated carbocycles. The van der Waals surface area contributed by atoms with Gasteiger partial charge in [-0.25, -0.2) is 0 Å². The van der Waals surface area contributed by atoms with Gasteiger partial charge < -0.3 is 10.2 Å². The normalized spacial score (nSPS) is 25.5.